The van der Waals surface area contributed by atoms with Crippen molar-refractivity contribution in [2.75, 3.05) is 32.9 Å². The van der Waals surface area contributed by atoms with Crippen molar-refractivity contribution in [3.63, 3.8) is 0 Å². The van der Waals surface area contributed by atoms with Gasteiger partial charge in [-0.15, -0.1) is 0 Å². The van der Waals surface area contributed by atoms with E-state index in [2.05, 4.69) is 9.82 Å². The average Bonchev–Trinajstić information content (AvgIpc) is 2.44. The molecule has 0 saturated heterocycles. The molecule has 0 amide bonds. The van der Waals surface area contributed by atoms with Gasteiger partial charge in [0, 0.05) is 26.3 Å². The first-order valence-electron chi connectivity index (χ1n) is 4.76. The summed E-state index contributed by atoms with van der Waals surface area (Å²) in [5, 5.41) is 3.79. The fourth-order valence-electron chi connectivity index (χ4n) is 1.17. The van der Waals surface area contributed by atoms with Crippen LogP contribution in [0.5, 0.6) is 0 Å². The maximum Gasteiger partial charge on any atom is 0.245 e. The van der Waals surface area contributed by atoms with Crippen molar-refractivity contribution in [2.24, 2.45) is 7.05 Å². The van der Waals surface area contributed by atoms with Gasteiger partial charge in [-0.05, 0) is 14.1 Å². The van der Waals surface area contributed by atoms with Crippen molar-refractivity contribution in [1.29, 1.82) is 0 Å². The number of nitrogens with zero attached hydrogens (tertiary/aromatic N) is 3. The SMILES string of the molecule is CN(C)CCNS(=O)(=O)c1cn(C)nc1N. The minimum atomic E-state index is -3.55. The molecule has 0 aliphatic carbocycles. The lowest BCUT2D eigenvalue weighted by Gasteiger charge is -2.10. The molecule has 0 aliphatic heterocycles. The maximum atomic E-state index is 11.8. The minimum Gasteiger partial charge on any atom is -0.381 e. The Labute approximate surface area is 95.3 Å². The van der Waals surface area contributed by atoms with Gasteiger partial charge in [0.05, 0.1) is 0 Å². The number of nitrogens with one attached hydrogen (secondary N) is 1. The largest absolute Gasteiger partial charge is 0.381 e. The minimum absolute atomic E-state index is 0.0138. The molecule has 1 aromatic rings. The van der Waals surface area contributed by atoms with Crippen molar-refractivity contribution in [1.82, 2.24) is 19.4 Å². The smallest absolute Gasteiger partial charge is 0.245 e. The number of sulfonamides is 1. The lowest BCUT2D eigenvalue weighted by molar-refractivity contribution is 0.412. The number of aromatic nitrogens is 2. The highest BCUT2D eigenvalue weighted by molar-refractivity contribution is 7.89. The maximum absolute atomic E-state index is 11.8. The van der Waals surface area contributed by atoms with E-state index in [0.29, 0.717) is 13.1 Å². The second-order valence-electron chi connectivity index (χ2n) is 3.75. The van der Waals surface area contributed by atoms with E-state index in [1.807, 2.05) is 19.0 Å². The number of nitrogen functional groups attached to an aromatic ring is 1. The van der Waals surface area contributed by atoms with E-state index in [-0.39, 0.29) is 10.7 Å². The van der Waals surface area contributed by atoms with Crippen LogP contribution in [0.3, 0.4) is 0 Å². The first-order chi connectivity index (χ1) is 7.33. The summed E-state index contributed by atoms with van der Waals surface area (Å²) in [6.45, 7) is 0.961. The molecule has 0 aliphatic rings. The molecule has 0 unspecified atom stereocenters. The van der Waals surface area contributed by atoms with E-state index < -0.39 is 10.0 Å². The Kier molecular flexibility index (Phi) is 3.89. The number of hydrogen-bond donors (Lipinski definition) is 2. The lowest BCUT2D eigenvalue weighted by Crippen LogP contribution is -2.31. The Morgan fingerprint density at radius 3 is 2.62 bits per heavy atom. The van der Waals surface area contributed by atoms with Gasteiger partial charge in [-0.25, -0.2) is 13.1 Å². The van der Waals surface area contributed by atoms with E-state index in [9.17, 15) is 8.42 Å². The van der Waals surface area contributed by atoms with Crippen molar-refractivity contribution in [2.45, 2.75) is 4.90 Å². The lowest BCUT2D eigenvalue weighted by atomic mass is 10.6. The number of nitrogens with two attached hydrogens (primary N) is 1. The highest BCUT2D eigenvalue weighted by atomic mass is 32.2. The van der Waals surface area contributed by atoms with E-state index >= 15 is 0 Å². The molecule has 0 atom stereocenters. The second-order valence-corrected chi connectivity index (χ2v) is 5.49. The number of rotatable bonds is 5. The van der Waals surface area contributed by atoms with E-state index in [0.717, 1.165) is 0 Å². The predicted molar refractivity (Wildman–Crippen MR) is 61.4 cm³/mol. The van der Waals surface area contributed by atoms with Gasteiger partial charge in [-0.3, -0.25) is 4.68 Å². The van der Waals surface area contributed by atoms with Crippen LogP contribution in [0.4, 0.5) is 5.82 Å². The van der Waals surface area contributed by atoms with Crippen LogP contribution in [0.15, 0.2) is 11.1 Å². The third kappa shape index (κ3) is 3.19. The number of anilines is 1. The van der Waals surface area contributed by atoms with Crippen LogP contribution < -0.4 is 10.5 Å². The molecule has 1 aromatic heterocycles. The van der Waals surface area contributed by atoms with Crippen molar-refractivity contribution >= 4 is 15.8 Å². The molecule has 0 spiro atoms. The standard InChI is InChI=1S/C8H17N5O2S/c1-12(2)5-4-10-16(14,15)7-6-13(3)11-8(7)9/h6,10H,4-5H2,1-3H3,(H2,9,11). The molecule has 8 heteroatoms. The number of likely N-dealkylation sites (N-methyl/N-ethyl adjacent to an activating group) is 1. The zero-order valence-corrected chi connectivity index (χ0v) is 10.5. The summed E-state index contributed by atoms with van der Waals surface area (Å²) in [5.74, 6) is 0.0138. The molecule has 1 heterocycles. The molecule has 0 radical (unpaired) electrons. The number of hydrogen-bond acceptors (Lipinski definition) is 5. The van der Waals surface area contributed by atoms with Crippen LogP contribution >= 0.6 is 0 Å². The monoisotopic (exact) mass is 247 g/mol. The Hall–Kier alpha value is -1.12. The summed E-state index contributed by atoms with van der Waals surface area (Å²) in [7, 11) is 1.81. The molecular weight excluding hydrogens is 230 g/mol. The highest BCUT2D eigenvalue weighted by Crippen LogP contribution is 2.14. The van der Waals surface area contributed by atoms with Crippen LogP contribution in [0.25, 0.3) is 0 Å². The Morgan fingerprint density at radius 1 is 1.56 bits per heavy atom. The average molecular weight is 247 g/mol. The molecule has 0 saturated carbocycles. The van der Waals surface area contributed by atoms with E-state index in [4.69, 9.17) is 5.73 Å². The van der Waals surface area contributed by atoms with Crippen LogP contribution in [0.2, 0.25) is 0 Å². The normalized spacial score (nSPS) is 12.2. The predicted octanol–water partition coefficient (Wildman–Crippen LogP) is -1.16. The molecule has 7 nitrogen and oxygen atoms in total. The van der Waals surface area contributed by atoms with E-state index in [1.165, 1.54) is 10.9 Å². The molecule has 3 N–H and O–H groups in total. The van der Waals surface area contributed by atoms with E-state index in [1.54, 1.807) is 7.05 Å². The van der Waals surface area contributed by atoms with Crippen molar-refractivity contribution in [3.05, 3.63) is 6.20 Å². The third-order valence-electron chi connectivity index (χ3n) is 1.96. The fraction of sp³-hybridized carbons (Fsp3) is 0.625. The van der Waals surface area contributed by atoms with Crippen LogP contribution in [-0.4, -0.2) is 50.3 Å². The topological polar surface area (TPSA) is 93.2 Å². The van der Waals surface area contributed by atoms with Gasteiger partial charge in [0.25, 0.3) is 0 Å². The second kappa shape index (κ2) is 4.81. The zero-order valence-electron chi connectivity index (χ0n) is 9.64. The molecule has 1 rings (SSSR count). The number of aryl methyl sites for hydroxylation is 1. The summed E-state index contributed by atoms with van der Waals surface area (Å²) in [4.78, 5) is 1.91. The first-order valence-corrected chi connectivity index (χ1v) is 6.25. The molecule has 16 heavy (non-hydrogen) atoms. The first kappa shape index (κ1) is 12.9. The molecule has 0 bridgehead atoms. The quantitative estimate of drug-likeness (QED) is 0.685. The summed E-state index contributed by atoms with van der Waals surface area (Å²) in [6.07, 6.45) is 1.38. The van der Waals surface area contributed by atoms with Crippen molar-refractivity contribution in [3.8, 4) is 0 Å². The Morgan fingerprint density at radius 2 is 2.19 bits per heavy atom. The van der Waals surface area contributed by atoms with Crippen LogP contribution in [0.1, 0.15) is 0 Å². The van der Waals surface area contributed by atoms with Gasteiger partial charge in [0.2, 0.25) is 10.0 Å². The highest BCUT2D eigenvalue weighted by Gasteiger charge is 2.19. The van der Waals surface area contributed by atoms with Gasteiger partial charge in [-0.1, -0.05) is 0 Å². The van der Waals surface area contributed by atoms with Crippen LogP contribution in [-0.2, 0) is 17.1 Å². The fourth-order valence-corrected chi connectivity index (χ4v) is 2.30. The summed E-state index contributed by atoms with van der Waals surface area (Å²) < 4.78 is 27.4. The van der Waals surface area contributed by atoms with Gasteiger partial charge >= 0.3 is 0 Å². The molecular formula is C8H17N5O2S. The van der Waals surface area contributed by atoms with Gasteiger partial charge in [0.15, 0.2) is 5.82 Å². The molecule has 92 valence electrons. The molecule has 0 fully saturated rings. The summed E-state index contributed by atoms with van der Waals surface area (Å²) in [6, 6.07) is 0. The molecule has 0 aromatic carbocycles. The van der Waals surface area contributed by atoms with Crippen LogP contribution in [0, 0.1) is 0 Å². The Bertz CT molecular complexity index is 451. The van der Waals surface area contributed by atoms with Gasteiger partial charge in [-0.2, -0.15) is 5.10 Å². The Balaban J connectivity index is 2.75. The summed E-state index contributed by atoms with van der Waals surface area (Å²) in [5.41, 5.74) is 5.50. The zero-order chi connectivity index (χ0) is 12.3. The summed E-state index contributed by atoms with van der Waals surface area (Å²) >= 11 is 0. The third-order valence-corrected chi connectivity index (χ3v) is 3.44. The van der Waals surface area contributed by atoms with Crippen molar-refractivity contribution < 1.29 is 8.42 Å². The van der Waals surface area contributed by atoms with Gasteiger partial charge < -0.3 is 10.6 Å². The van der Waals surface area contributed by atoms with Gasteiger partial charge in [0.1, 0.15) is 4.90 Å².